The van der Waals surface area contributed by atoms with Crippen LogP contribution in [0.25, 0.3) is 10.9 Å². The SMILES string of the molecule is CCCC[C@](C)(CO)Nc1nc(N)nc2ccncc12. The van der Waals surface area contributed by atoms with Gasteiger partial charge in [0.25, 0.3) is 0 Å². The molecule has 0 aliphatic heterocycles. The van der Waals surface area contributed by atoms with Crippen molar-refractivity contribution in [1.29, 1.82) is 0 Å². The van der Waals surface area contributed by atoms with Crippen molar-refractivity contribution >= 4 is 22.7 Å². The Bertz CT molecular complexity index is 589. The second-order valence-electron chi connectivity index (χ2n) is 5.27. The maximum atomic E-state index is 9.66. The van der Waals surface area contributed by atoms with Gasteiger partial charge in [-0.3, -0.25) is 4.98 Å². The molecule has 20 heavy (non-hydrogen) atoms. The standard InChI is InChI=1S/C14H21N5O/c1-3-4-6-14(2,9-20)19-12-10-8-16-7-5-11(10)17-13(15)18-12/h5,7-8,20H,3-4,6,9H2,1-2H3,(H3,15,17,18,19)/t14-/m1/s1. The van der Waals surface area contributed by atoms with Crippen molar-refractivity contribution in [3.63, 3.8) is 0 Å². The average molecular weight is 275 g/mol. The van der Waals surface area contributed by atoms with Crippen LogP contribution >= 0.6 is 0 Å². The van der Waals surface area contributed by atoms with Crippen LogP contribution in [-0.2, 0) is 0 Å². The smallest absolute Gasteiger partial charge is 0.222 e. The molecule has 0 amide bonds. The lowest BCUT2D eigenvalue weighted by atomic mass is 9.96. The van der Waals surface area contributed by atoms with Crippen LogP contribution in [-0.4, -0.2) is 32.2 Å². The molecule has 2 rings (SSSR count). The number of nitrogens with one attached hydrogen (secondary N) is 1. The van der Waals surface area contributed by atoms with Crippen molar-refractivity contribution in [3.05, 3.63) is 18.5 Å². The fraction of sp³-hybridized carbons (Fsp3) is 0.500. The van der Waals surface area contributed by atoms with Gasteiger partial charge in [0.05, 0.1) is 23.0 Å². The van der Waals surface area contributed by atoms with Crippen molar-refractivity contribution in [2.75, 3.05) is 17.7 Å². The summed E-state index contributed by atoms with van der Waals surface area (Å²) in [5.74, 6) is 0.829. The van der Waals surface area contributed by atoms with Crippen molar-refractivity contribution in [2.24, 2.45) is 0 Å². The fourth-order valence-electron chi connectivity index (χ4n) is 2.12. The van der Waals surface area contributed by atoms with Crippen LogP contribution in [0.15, 0.2) is 18.5 Å². The predicted molar refractivity (Wildman–Crippen MR) is 80.4 cm³/mol. The Morgan fingerprint density at radius 3 is 2.90 bits per heavy atom. The van der Waals surface area contributed by atoms with E-state index in [1.807, 2.05) is 6.92 Å². The molecule has 4 N–H and O–H groups in total. The fourth-order valence-corrected chi connectivity index (χ4v) is 2.12. The first-order valence-corrected chi connectivity index (χ1v) is 6.84. The van der Waals surface area contributed by atoms with E-state index in [9.17, 15) is 5.11 Å². The van der Waals surface area contributed by atoms with E-state index in [2.05, 4.69) is 27.2 Å². The number of anilines is 2. The molecule has 0 spiro atoms. The van der Waals surface area contributed by atoms with Crippen molar-refractivity contribution < 1.29 is 5.11 Å². The Balaban J connectivity index is 2.36. The number of aliphatic hydroxyl groups excluding tert-OH is 1. The molecule has 0 unspecified atom stereocenters. The molecule has 0 saturated heterocycles. The van der Waals surface area contributed by atoms with Crippen LogP contribution in [0.1, 0.15) is 33.1 Å². The minimum atomic E-state index is -0.431. The van der Waals surface area contributed by atoms with Gasteiger partial charge in [0.15, 0.2) is 0 Å². The molecule has 0 aliphatic carbocycles. The number of pyridine rings is 1. The van der Waals surface area contributed by atoms with Gasteiger partial charge in [-0.2, -0.15) is 4.98 Å². The molecule has 0 aliphatic rings. The summed E-state index contributed by atoms with van der Waals surface area (Å²) in [7, 11) is 0. The number of nitrogens with zero attached hydrogens (tertiary/aromatic N) is 3. The first-order valence-electron chi connectivity index (χ1n) is 6.84. The van der Waals surface area contributed by atoms with Crippen LogP contribution < -0.4 is 11.1 Å². The van der Waals surface area contributed by atoms with Gasteiger partial charge in [0.1, 0.15) is 5.82 Å². The van der Waals surface area contributed by atoms with E-state index in [1.165, 1.54) is 0 Å². The van der Waals surface area contributed by atoms with E-state index in [1.54, 1.807) is 18.5 Å². The number of fused-ring (bicyclic) bond motifs is 1. The summed E-state index contributed by atoms with van der Waals surface area (Å²) in [5.41, 5.74) is 6.05. The summed E-state index contributed by atoms with van der Waals surface area (Å²) in [6.45, 7) is 4.13. The molecule has 0 bridgehead atoms. The van der Waals surface area contributed by atoms with Gasteiger partial charge >= 0.3 is 0 Å². The molecule has 2 aromatic rings. The highest BCUT2D eigenvalue weighted by atomic mass is 16.3. The molecule has 6 heteroatoms. The third kappa shape index (κ3) is 3.14. The number of aliphatic hydroxyl groups is 1. The quantitative estimate of drug-likeness (QED) is 0.745. The van der Waals surface area contributed by atoms with Crippen molar-refractivity contribution in [1.82, 2.24) is 15.0 Å². The lowest BCUT2D eigenvalue weighted by Gasteiger charge is -2.29. The number of rotatable bonds is 6. The normalized spacial score (nSPS) is 14.2. The van der Waals surface area contributed by atoms with Gasteiger partial charge in [0.2, 0.25) is 5.95 Å². The Morgan fingerprint density at radius 2 is 2.20 bits per heavy atom. The largest absolute Gasteiger partial charge is 0.394 e. The molecule has 0 radical (unpaired) electrons. The molecule has 0 aromatic carbocycles. The monoisotopic (exact) mass is 275 g/mol. The second-order valence-corrected chi connectivity index (χ2v) is 5.27. The minimum Gasteiger partial charge on any atom is -0.394 e. The third-order valence-corrected chi connectivity index (χ3v) is 3.37. The van der Waals surface area contributed by atoms with Crippen LogP contribution in [0.2, 0.25) is 0 Å². The lowest BCUT2D eigenvalue weighted by Crippen LogP contribution is -2.39. The van der Waals surface area contributed by atoms with Crippen LogP contribution in [0.5, 0.6) is 0 Å². The predicted octanol–water partition coefficient (Wildman–Crippen LogP) is 1.96. The first-order chi connectivity index (χ1) is 9.58. The molecule has 2 heterocycles. The van der Waals surface area contributed by atoms with Crippen LogP contribution in [0, 0.1) is 0 Å². The molecular weight excluding hydrogens is 254 g/mol. The zero-order valence-corrected chi connectivity index (χ0v) is 11.9. The van der Waals surface area contributed by atoms with Crippen LogP contribution in [0.3, 0.4) is 0 Å². The summed E-state index contributed by atoms with van der Waals surface area (Å²) in [4.78, 5) is 12.5. The Kier molecular flexibility index (Phi) is 4.34. The second kappa shape index (κ2) is 6.00. The topological polar surface area (TPSA) is 97.0 Å². The first kappa shape index (κ1) is 14.5. The maximum Gasteiger partial charge on any atom is 0.222 e. The average Bonchev–Trinajstić information content (AvgIpc) is 2.45. The van der Waals surface area contributed by atoms with E-state index < -0.39 is 5.54 Å². The van der Waals surface area contributed by atoms with Gasteiger partial charge in [-0.05, 0) is 19.4 Å². The number of nitrogens with two attached hydrogens (primary N) is 1. The number of unbranched alkanes of at least 4 members (excludes halogenated alkanes) is 1. The summed E-state index contributed by atoms with van der Waals surface area (Å²) >= 11 is 0. The Hall–Kier alpha value is -1.95. The third-order valence-electron chi connectivity index (χ3n) is 3.37. The highest BCUT2D eigenvalue weighted by Gasteiger charge is 2.24. The summed E-state index contributed by atoms with van der Waals surface area (Å²) in [6, 6.07) is 1.79. The van der Waals surface area contributed by atoms with Gasteiger partial charge < -0.3 is 16.2 Å². The summed E-state index contributed by atoms with van der Waals surface area (Å²) in [6.07, 6.45) is 6.33. The Labute approximate surface area is 118 Å². The van der Waals surface area contributed by atoms with Crippen molar-refractivity contribution in [2.45, 2.75) is 38.6 Å². The molecule has 1 atom stereocenters. The van der Waals surface area contributed by atoms with Gasteiger partial charge in [-0.1, -0.05) is 19.8 Å². The molecule has 2 aromatic heterocycles. The highest BCUT2D eigenvalue weighted by molar-refractivity contribution is 5.89. The van der Waals surface area contributed by atoms with E-state index in [-0.39, 0.29) is 12.6 Å². The van der Waals surface area contributed by atoms with E-state index in [0.717, 1.165) is 30.2 Å². The summed E-state index contributed by atoms with van der Waals surface area (Å²) in [5, 5.41) is 13.8. The molecule has 6 nitrogen and oxygen atoms in total. The van der Waals surface area contributed by atoms with E-state index >= 15 is 0 Å². The number of nitrogen functional groups attached to an aromatic ring is 1. The number of aromatic nitrogens is 3. The molecule has 108 valence electrons. The maximum absolute atomic E-state index is 9.66. The lowest BCUT2D eigenvalue weighted by molar-refractivity contribution is 0.212. The highest BCUT2D eigenvalue weighted by Crippen LogP contribution is 2.25. The number of hydrogen-bond donors (Lipinski definition) is 3. The van der Waals surface area contributed by atoms with Gasteiger partial charge in [-0.15, -0.1) is 0 Å². The van der Waals surface area contributed by atoms with Crippen molar-refractivity contribution in [3.8, 4) is 0 Å². The number of hydrogen-bond acceptors (Lipinski definition) is 6. The summed E-state index contributed by atoms with van der Waals surface area (Å²) < 4.78 is 0. The van der Waals surface area contributed by atoms with Gasteiger partial charge in [-0.25, -0.2) is 4.98 Å². The minimum absolute atomic E-state index is 0.0265. The molecule has 0 saturated carbocycles. The zero-order valence-electron chi connectivity index (χ0n) is 11.9. The Morgan fingerprint density at radius 1 is 1.40 bits per heavy atom. The molecule has 0 fully saturated rings. The van der Waals surface area contributed by atoms with Gasteiger partial charge in [0, 0.05) is 12.4 Å². The zero-order chi connectivity index (χ0) is 14.6. The van der Waals surface area contributed by atoms with Crippen LogP contribution in [0.4, 0.5) is 11.8 Å². The molecular formula is C14H21N5O. The van der Waals surface area contributed by atoms with E-state index in [4.69, 9.17) is 5.73 Å². The van der Waals surface area contributed by atoms with E-state index in [0.29, 0.717) is 5.82 Å².